The molecular formula is C12H14N2O4. The molecular weight excluding hydrogens is 236 g/mol. The van der Waals surface area contributed by atoms with Crippen LogP contribution in [-0.4, -0.2) is 29.3 Å². The first kappa shape index (κ1) is 13.9. The molecule has 18 heavy (non-hydrogen) atoms. The lowest BCUT2D eigenvalue weighted by Gasteiger charge is -2.16. The highest BCUT2D eigenvalue weighted by Gasteiger charge is 2.28. The summed E-state index contributed by atoms with van der Waals surface area (Å²) in [5, 5.41) is 11.2. The first-order valence-electron chi connectivity index (χ1n) is 5.30. The quantitative estimate of drug-likeness (QED) is 0.502. The molecule has 0 aliphatic carbocycles. The van der Waals surface area contributed by atoms with Gasteiger partial charge in [-0.15, -0.1) is 0 Å². The number of benzene rings is 1. The van der Waals surface area contributed by atoms with Crippen molar-refractivity contribution in [2.45, 2.75) is 13.0 Å². The molecule has 0 aliphatic heterocycles. The van der Waals surface area contributed by atoms with Gasteiger partial charge >= 0.3 is 5.97 Å². The molecule has 0 fully saturated rings. The molecule has 0 bridgehead atoms. The molecule has 0 aromatic heterocycles. The number of carbonyl (C=O) groups is 3. The molecule has 0 saturated heterocycles. The van der Waals surface area contributed by atoms with Crippen molar-refractivity contribution in [1.29, 1.82) is 0 Å². The SMILES string of the molecule is CC(C(=O)c1ccccc1NC=O)C(N)C(=O)O. The number of ketones is 1. The Hall–Kier alpha value is -2.21. The molecule has 1 aromatic carbocycles. The van der Waals surface area contributed by atoms with Crippen molar-refractivity contribution in [3.8, 4) is 0 Å². The first-order valence-corrected chi connectivity index (χ1v) is 5.30. The highest BCUT2D eigenvalue weighted by molar-refractivity contribution is 6.05. The molecule has 1 rings (SSSR count). The number of hydrogen-bond donors (Lipinski definition) is 3. The van der Waals surface area contributed by atoms with E-state index in [2.05, 4.69) is 5.32 Å². The zero-order valence-electron chi connectivity index (χ0n) is 9.79. The van der Waals surface area contributed by atoms with E-state index in [-0.39, 0.29) is 5.56 Å². The summed E-state index contributed by atoms with van der Waals surface area (Å²) < 4.78 is 0. The first-order chi connectivity index (χ1) is 8.49. The maximum Gasteiger partial charge on any atom is 0.321 e. The van der Waals surface area contributed by atoms with Crippen molar-refractivity contribution in [2.24, 2.45) is 11.7 Å². The van der Waals surface area contributed by atoms with E-state index in [0.717, 1.165) is 0 Å². The lowest BCUT2D eigenvalue weighted by atomic mass is 9.92. The predicted molar refractivity (Wildman–Crippen MR) is 65.2 cm³/mol. The standard InChI is InChI=1S/C12H14N2O4/c1-7(10(13)12(17)18)11(16)8-4-2-3-5-9(8)14-6-15/h2-7,10H,13H2,1H3,(H,14,15)(H,17,18). The van der Waals surface area contributed by atoms with E-state index in [0.29, 0.717) is 12.1 Å². The van der Waals surface area contributed by atoms with Gasteiger partial charge in [-0.1, -0.05) is 19.1 Å². The molecule has 6 heteroatoms. The summed E-state index contributed by atoms with van der Waals surface area (Å²) in [6.07, 6.45) is 0.452. The minimum Gasteiger partial charge on any atom is -0.480 e. The van der Waals surface area contributed by atoms with Crippen LogP contribution in [0, 0.1) is 5.92 Å². The summed E-state index contributed by atoms with van der Waals surface area (Å²) in [6, 6.07) is 5.08. The number of para-hydroxylation sites is 1. The van der Waals surface area contributed by atoms with Crippen molar-refractivity contribution < 1.29 is 19.5 Å². The van der Waals surface area contributed by atoms with Crippen LogP contribution in [0.25, 0.3) is 0 Å². The Balaban J connectivity index is 3.03. The molecule has 6 nitrogen and oxygen atoms in total. The number of rotatable bonds is 6. The second-order valence-electron chi connectivity index (χ2n) is 3.82. The topological polar surface area (TPSA) is 109 Å². The van der Waals surface area contributed by atoms with Gasteiger partial charge in [-0.05, 0) is 12.1 Å². The van der Waals surface area contributed by atoms with E-state index in [9.17, 15) is 14.4 Å². The third-order valence-electron chi connectivity index (χ3n) is 2.64. The number of anilines is 1. The van der Waals surface area contributed by atoms with Gasteiger partial charge in [-0.3, -0.25) is 14.4 Å². The van der Waals surface area contributed by atoms with Crippen LogP contribution in [0.5, 0.6) is 0 Å². The molecule has 0 saturated carbocycles. The third-order valence-corrected chi connectivity index (χ3v) is 2.64. The second kappa shape index (κ2) is 5.92. The highest BCUT2D eigenvalue weighted by atomic mass is 16.4. The summed E-state index contributed by atoms with van der Waals surface area (Å²) in [7, 11) is 0. The fourth-order valence-electron chi connectivity index (χ4n) is 1.51. The zero-order valence-corrected chi connectivity index (χ0v) is 9.79. The number of nitrogens with two attached hydrogens (primary N) is 1. The van der Waals surface area contributed by atoms with Gasteiger partial charge in [0.25, 0.3) is 0 Å². The van der Waals surface area contributed by atoms with Gasteiger partial charge < -0.3 is 16.2 Å². The van der Waals surface area contributed by atoms with Crippen LogP contribution in [0.15, 0.2) is 24.3 Å². The van der Waals surface area contributed by atoms with Gasteiger partial charge in [-0.2, -0.15) is 0 Å². The van der Waals surface area contributed by atoms with Crippen LogP contribution < -0.4 is 11.1 Å². The number of hydrogen-bond acceptors (Lipinski definition) is 4. The van der Waals surface area contributed by atoms with E-state index in [1.165, 1.54) is 13.0 Å². The van der Waals surface area contributed by atoms with Crippen molar-refractivity contribution in [1.82, 2.24) is 0 Å². The average Bonchev–Trinajstić information content (AvgIpc) is 2.37. The maximum atomic E-state index is 12.1. The minimum absolute atomic E-state index is 0.244. The fourth-order valence-corrected chi connectivity index (χ4v) is 1.51. The molecule has 1 amide bonds. The number of carboxylic acids is 1. The number of carboxylic acid groups (broad SMARTS) is 1. The number of aliphatic carboxylic acids is 1. The van der Waals surface area contributed by atoms with Gasteiger partial charge in [0.2, 0.25) is 6.41 Å². The van der Waals surface area contributed by atoms with Crippen LogP contribution >= 0.6 is 0 Å². The molecule has 0 aliphatic rings. The molecule has 96 valence electrons. The van der Waals surface area contributed by atoms with Crippen LogP contribution in [0.1, 0.15) is 17.3 Å². The minimum atomic E-state index is -1.28. The van der Waals surface area contributed by atoms with Crippen molar-refractivity contribution in [2.75, 3.05) is 5.32 Å². The van der Waals surface area contributed by atoms with Crippen molar-refractivity contribution in [3.63, 3.8) is 0 Å². The van der Waals surface area contributed by atoms with E-state index in [4.69, 9.17) is 10.8 Å². The Kier molecular flexibility index (Phi) is 4.56. The molecule has 2 unspecified atom stereocenters. The Morgan fingerprint density at radius 2 is 2.00 bits per heavy atom. The van der Waals surface area contributed by atoms with E-state index in [1.54, 1.807) is 18.2 Å². The normalized spacial score (nSPS) is 13.4. The van der Waals surface area contributed by atoms with Crippen molar-refractivity contribution in [3.05, 3.63) is 29.8 Å². The van der Waals surface area contributed by atoms with Crippen LogP contribution in [-0.2, 0) is 9.59 Å². The van der Waals surface area contributed by atoms with Crippen LogP contribution in [0.4, 0.5) is 5.69 Å². The molecule has 0 heterocycles. The number of Topliss-reactive ketones (excluding diaryl/α,β-unsaturated/α-hetero) is 1. The lowest BCUT2D eigenvalue weighted by molar-refractivity contribution is -0.139. The molecule has 1 aromatic rings. The fraction of sp³-hybridized carbons (Fsp3) is 0.250. The van der Waals surface area contributed by atoms with Gasteiger partial charge in [0, 0.05) is 11.5 Å². The summed E-state index contributed by atoms with van der Waals surface area (Å²) in [6.45, 7) is 1.44. The molecule has 4 N–H and O–H groups in total. The van der Waals surface area contributed by atoms with Crippen LogP contribution in [0.3, 0.4) is 0 Å². The van der Waals surface area contributed by atoms with E-state index < -0.39 is 23.7 Å². The molecule has 2 atom stereocenters. The Bertz CT molecular complexity index is 473. The smallest absolute Gasteiger partial charge is 0.321 e. The predicted octanol–water partition coefficient (Wildman–Crippen LogP) is 0.486. The monoisotopic (exact) mass is 250 g/mol. The summed E-state index contributed by atoms with van der Waals surface area (Å²) in [4.78, 5) is 33.2. The summed E-state index contributed by atoms with van der Waals surface area (Å²) in [5.41, 5.74) is 5.99. The number of carbonyl (C=O) groups excluding carboxylic acids is 2. The Morgan fingerprint density at radius 3 is 2.56 bits per heavy atom. The van der Waals surface area contributed by atoms with Gasteiger partial charge in [0.1, 0.15) is 6.04 Å². The van der Waals surface area contributed by atoms with Crippen molar-refractivity contribution >= 4 is 23.9 Å². The van der Waals surface area contributed by atoms with Gasteiger partial charge in [0.05, 0.1) is 5.69 Å². The average molecular weight is 250 g/mol. The lowest BCUT2D eigenvalue weighted by Crippen LogP contribution is -2.40. The third kappa shape index (κ3) is 2.92. The zero-order chi connectivity index (χ0) is 13.7. The number of nitrogens with one attached hydrogen (secondary N) is 1. The molecule has 0 spiro atoms. The number of amides is 1. The molecule has 0 radical (unpaired) electrons. The second-order valence-corrected chi connectivity index (χ2v) is 3.82. The highest BCUT2D eigenvalue weighted by Crippen LogP contribution is 2.19. The van der Waals surface area contributed by atoms with Gasteiger partial charge in [0.15, 0.2) is 5.78 Å². The van der Waals surface area contributed by atoms with E-state index in [1.807, 2.05) is 0 Å². The van der Waals surface area contributed by atoms with Gasteiger partial charge in [-0.25, -0.2) is 0 Å². The van der Waals surface area contributed by atoms with Crippen LogP contribution in [0.2, 0.25) is 0 Å². The Morgan fingerprint density at radius 1 is 1.39 bits per heavy atom. The Labute approximate surface area is 104 Å². The summed E-state index contributed by atoms with van der Waals surface area (Å²) in [5.74, 6) is -2.54. The van der Waals surface area contributed by atoms with E-state index >= 15 is 0 Å². The summed E-state index contributed by atoms with van der Waals surface area (Å²) >= 11 is 0. The maximum absolute atomic E-state index is 12.1. The largest absolute Gasteiger partial charge is 0.480 e.